The average molecular weight is 507 g/mol. The number of allylic oxidation sites excluding steroid dienone is 3. The van der Waals surface area contributed by atoms with E-state index in [0.29, 0.717) is 17.1 Å². The first-order chi connectivity index (χ1) is 15.8. The molecule has 1 spiro atoms. The number of ether oxygens (including phenoxy) is 2. The first-order valence-electron chi connectivity index (χ1n) is 11.7. The van der Waals surface area contributed by atoms with Gasteiger partial charge in [-0.2, -0.15) is 0 Å². The Hall–Kier alpha value is -2.10. The summed E-state index contributed by atoms with van der Waals surface area (Å²) in [5, 5.41) is 1.90. The van der Waals surface area contributed by atoms with Gasteiger partial charge in [0.2, 0.25) is 0 Å². The predicted molar refractivity (Wildman–Crippen MR) is 140 cm³/mol. The van der Waals surface area contributed by atoms with Gasteiger partial charge in [0.1, 0.15) is 0 Å². The molecule has 0 N–H and O–H groups in total. The van der Waals surface area contributed by atoms with Gasteiger partial charge in [0.15, 0.2) is 0 Å². The zero-order valence-corrected chi connectivity index (χ0v) is 23.3. The molecule has 0 unspecified atom stereocenters. The molecule has 0 bridgehead atoms. The molecule has 0 saturated heterocycles. The third-order valence-corrected chi connectivity index (χ3v) is 12.6. The van der Waals surface area contributed by atoms with Gasteiger partial charge in [-0.25, -0.2) is 0 Å². The molecule has 2 aliphatic rings. The summed E-state index contributed by atoms with van der Waals surface area (Å²) in [5.74, 6) is 1.28. The van der Waals surface area contributed by atoms with Gasteiger partial charge in [-0.15, -0.1) is 0 Å². The van der Waals surface area contributed by atoms with E-state index in [1.165, 1.54) is 19.8 Å². The second-order valence-electron chi connectivity index (χ2n) is 10.2. The maximum absolute atomic E-state index is 13.4. The summed E-state index contributed by atoms with van der Waals surface area (Å²) < 4.78 is 16.9. The van der Waals surface area contributed by atoms with Crippen molar-refractivity contribution in [2.75, 3.05) is 20.4 Å². The Balaban J connectivity index is 2.58. The average Bonchev–Trinajstić information content (AvgIpc) is 2.78. The van der Waals surface area contributed by atoms with Crippen LogP contribution in [0.5, 0.6) is 0 Å². The van der Waals surface area contributed by atoms with Gasteiger partial charge in [0.25, 0.3) is 0 Å². The van der Waals surface area contributed by atoms with Crippen LogP contribution in [0.1, 0.15) is 82.9 Å². The van der Waals surface area contributed by atoms with Crippen LogP contribution < -0.4 is 5.30 Å². The van der Waals surface area contributed by atoms with Crippen LogP contribution in [-0.4, -0.2) is 32.3 Å². The Bertz CT molecular complexity index is 1110. The summed E-state index contributed by atoms with van der Waals surface area (Å²) in [6, 6.07) is 4.46. The van der Waals surface area contributed by atoms with Crippen molar-refractivity contribution in [2.24, 2.45) is 0 Å². The topological polar surface area (TPSA) is 61.8 Å². The van der Waals surface area contributed by atoms with Crippen LogP contribution in [0.15, 0.2) is 45.7 Å². The van der Waals surface area contributed by atoms with Gasteiger partial charge >= 0.3 is 208 Å². The van der Waals surface area contributed by atoms with Crippen molar-refractivity contribution < 1.29 is 23.6 Å². The molecule has 7 heteroatoms. The molecule has 5 nitrogen and oxygen atoms in total. The number of hydrogen-bond acceptors (Lipinski definition) is 5. The van der Waals surface area contributed by atoms with E-state index in [4.69, 9.17) is 25.6 Å². The number of benzene rings is 1. The van der Waals surface area contributed by atoms with Crippen molar-refractivity contribution in [1.29, 1.82) is 0 Å². The second kappa shape index (κ2) is 9.17. The van der Waals surface area contributed by atoms with E-state index in [-0.39, 0.29) is 22.9 Å². The van der Waals surface area contributed by atoms with Gasteiger partial charge in [0, 0.05) is 0 Å². The van der Waals surface area contributed by atoms with Crippen LogP contribution in [0.4, 0.5) is 0 Å². The van der Waals surface area contributed by atoms with Gasteiger partial charge in [-0.05, 0) is 0 Å². The summed E-state index contributed by atoms with van der Waals surface area (Å²) in [5.41, 5.74) is 4.38. The molecular formula is C27H36ClO5P. The molecule has 1 aromatic carbocycles. The molecule has 186 valence electrons. The molecule has 3 rings (SSSR count). The van der Waals surface area contributed by atoms with Crippen molar-refractivity contribution in [1.82, 2.24) is 0 Å². The van der Waals surface area contributed by atoms with Crippen molar-refractivity contribution in [2.45, 2.75) is 66.2 Å². The number of esters is 2. The molecule has 0 aromatic heterocycles. The summed E-state index contributed by atoms with van der Waals surface area (Å²) in [4.78, 5) is 26.1. The molecule has 0 radical (unpaired) electrons. The van der Waals surface area contributed by atoms with Crippen LogP contribution in [0.25, 0.3) is 0 Å². The standard InChI is InChI=1S/C27H36ClO5P/c1-15(2)19-12-20(16(3)4)24(21(13-19)17(5)6)34(11-10-22(28)18(7)14-34)25(27(30)32-9)23(33-34)26(29)31-8/h10-13,15-17H,14H2,1-9H3. The third kappa shape index (κ3) is 3.82. The van der Waals surface area contributed by atoms with E-state index in [1.807, 2.05) is 18.8 Å². The normalized spacial score (nSPS) is 19.7. The summed E-state index contributed by atoms with van der Waals surface area (Å²) in [6.07, 6.45) is 2.23. The fourth-order valence-electron chi connectivity index (χ4n) is 5.07. The monoisotopic (exact) mass is 506 g/mol. The number of carbonyl (C=O) groups excluding carboxylic acids is 2. The quantitative estimate of drug-likeness (QED) is 0.314. The SMILES string of the molecule is COC(=O)C1=C(C(=O)OC)P2(c3c(C(C)C)cc(C(C)C)cc3C(C)C)(C=CC(Cl)=C(C)C2)O1. The Labute approximate surface area is 208 Å². The van der Waals surface area contributed by atoms with E-state index < -0.39 is 18.8 Å². The molecule has 2 heterocycles. The van der Waals surface area contributed by atoms with Crippen LogP contribution in [-0.2, 0) is 23.6 Å². The first kappa shape index (κ1) is 26.5. The molecule has 34 heavy (non-hydrogen) atoms. The van der Waals surface area contributed by atoms with E-state index in [2.05, 4.69) is 53.7 Å². The Morgan fingerprint density at radius 2 is 1.47 bits per heavy atom. The van der Waals surface area contributed by atoms with Crippen LogP contribution in [0.3, 0.4) is 0 Å². The van der Waals surface area contributed by atoms with Crippen molar-refractivity contribution in [3.8, 4) is 0 Å². The van der Waals surface area contributed by atoms with E-state index in [9.17, 15) is 9.59 Å². The molecule has 0 fully saturated rings. The van der Waals surface area contributed by atoms with Crippen molar-refractivity contribution in [3.63, 3.8) is 0 Å². The van der Waals surface area contributed by atoms with Crippen molar-refractivity contribution >= 4 is 35.7 Å². The van der Waals surface area contributed by atoms with Gasteiger partial charge in [-0.1, -0.05) is 0 Å². The molecule has 0 atom stereocenters. The number of hydrogen-bond donors (Lipinski definition) is 0. The third-order valence-electron chi connectivity index (χ3n) is 6.84. The second-order valence-corrected chi connectivity index (χ2v) is 14.8. The molecular weight excluding hydrogens is 471 g/mol. The Kier molecular flexibility index (Phi) is 7.14. The fourth-order valence-corrected chi connectivity index (χ4v) is 11.5. The maximum atomic E-state index is 13.4. The van der Waals surface area contributed by atoms with E-state index in [1.54, 1.807) is 0 Å². The molecule has 0 aliphatic carbocycles. The Morgan fingerprint density at radius 1 is 0.941 bits per heavy atom. The number of rotatable bonds is 6. The van der Waals surface area contributed by atoms with Crippen molar-refractivity contribution in [3.05, 3.63) is 62.4 Å². The Morgan fingerprint density at radius 3 is 1.88 bits per heavy atom. The summed E-state index contributed by atoms with van der Waals surface area (Å²) >= 11 is 6.52. The number of halogens is 1. The zero-order chi connectivity index (χ0) is 25.6. The van der Waals surface area contributed by atoms with E-state index >= 15 is 0 Å². The molecule has 0 amide bonds. The number of methoxy groups -OCH3 is 2. The predicted octanol–water partition coefficient (Wildman–Crippen LogP) is 6.78. The van der Waals surface area contributed by atoms with Crippen LogP contribution >= 0.6 is 18.4 Å². The van der Waals surface area contributed by atoms with Crippen LogP contribution in [0, 0.1) is 0 Å². The molecule has 2 aliphatic heterocycles. The van der Waals surface area contributed by atoms with Gasteiger partial charge in [-0.3, -0.25) is 0 Å². The molecule has 1 aromatic rings. The van der Waals surface area contributed by atoms with Crippen LogP contribution in [0.2, 0.25) is 0 Å². The minimum atomic E-state index is -3.83. The van der Waals surface area contributed by atoms with Gasteiger partial charge in [0.05, 0.1) is 0 Å². The molecule has 0 saturated carbocycles. The first-order valence-corrected chi connectivity index (χ1v) is 14.5. The summed E-state index contributed by atoms with van der Waals surface area (Å²) in [7, 11) is 2.61. The van der Waals surface area contributed by atoms with E-state index in [0.717, 1.165) is 22.0 Å². The summed E-state index contributed by atoms with van der Waals surface area (Å²) in [6.45, 7) is 11.1. The van der Waals surface area contributed by atoms with Gasteiger partial charge < -0.3 is 0 Å². The minimum absolute atomic E-state index is 0.0696. The number of carbonyl (C=O) groups is 2. The fraction of sp³-hybridized carbons (Fsp3) is 0.481. The zero-order valence-electron chi connectivity index (χ0n) is 21.6.